The molecule has 0 aliphatic carbocycles. The van der Waals surface area contributed by atoms with Crippen molar-refractivity contribution in [3.8, 4) is 0 Å². The van der Waals surface area contributed by atoms with Crippen LogP contribution in [0.25, 0.3) is 0 Å². The van der Waals surface area contributed by atoms with Gasteiger partial charge in [0.2, 0.25) is 15.9 Å². The summed E-state index contributed by atoms with van der Waals surface area (Å²) in [5.41, 5.74) is 0.748. The molecular formula is C17H17F3N2O3S. The quantitative estimate of drug-likeness (QED) is 0.718. The fourth-order valence-corrected chi connectivity index (χ4v) is 3.25. The lowest BCUT2D eigenvalue weighted by Gasteiger charge is -2.08. The van der Waals surface area contributed by atoms with E-state index in [0.717, 1.165) is 12.1 Å². The molecule has 140 valence electrons. The Balaban J connectivity index is 1.83. The number of amides is 1. The molecule has 9 heteroatoms. The van der Waals surface area contributed by atoms with Crippen LogP contribution >= 0.6 is 0 Å². The van der Waals surface area contributed by atoms with Crippen LogP contribution in [0.1, 0.15) is 18.4 Å². The van der Waals surface area contributed by atoms with Gasteiger partial charge in [0.1, 0.15) is 22.3 Å². The Bertz CT molecular complexity index is 917. The van der Waals surface area contributed by atoms with E-state index in [-0.39, 0.29) is 19.4 Å². The van der Waals surface area contributed by atoms with Crippen LogP contribution in [0.15, 0.2) is 41.3 Å². The highest BCUT2D eigenvalue weighted by Gasteiger charge is 2.19. The SMILES string of the molecule is Cc1ccc(NC(=O)CCCNS(=O)(=O)c2ccc(F)cc2F)cc1F. The van der Waals surface area contributed by atoms with Gasteiger partial charge in [-0.1, -0.05) is 6.07 Å². The first-order valence-electron chi connectivity index (χ1n) is 7.70. The fourth-order valence-electron chi connectivity index (χ4n) is 2.12. The number of benzene rings is 2. The lowest BCUT2D eigenvalue weighted by molar-refractivity contribution is -0.116. The van der Waals surface area contributed by atoms with Gasteiger partial charge in [-0.15, -0.1) is 0 Å². The number of sulfonamides is 1. The largest absolute Gasteiger partial charge is 0.326 e. The van der Waals surface area contributed by atoms with Crippen LogP contribution in [0, 0.1) is 24.4 Å². The number of rotatable bonds is 7. The number of halogens is 3. The summed E-state index contributed by atoms with van der Waals surface area (Å²) in [7, 11) is -4.15. The molecule has 5 nitrogen and oxygen atoms in total. The molecule has 0 saturated heterocycles. The van der Waals surface area contributed by atoms with Crippen LogP contribution in [-0.4, -0.2) is 20.9 Å². The predicted octanol–water partition coefficient (Wildman–Crippen LogP) is 3.11. The number of hydrogen-bond acceptors (Lipinski definition) is 3. The Labute approximate surface area is 149 Å². The minimum absolute atomic E-state index is 0.0239. The zero-order valence-corrected chi connectivity index (χ0v) is 14.7. The number of carbonyl (C=O) groups excluding carboxylic acids is 1. The van der Waals surface area contributed by atoms with Gasteiger partial charge in [-0.2, -0.15) is 0 Å². The van der Waals surface area contributed by atoms with Gasteiger partial charge in [-0.25, -0.2) is 26.3 Å². The molecule has 0 aliphatic heterocycles. The molecule has 0 saturated carbocycles. The van der Waals surface area contributed by atoms with Crippen molar-refractivity contribution in [2.24, 2.45) is 0 Å². The van der Waals surface area contributed by atoms with E-state index in [4.69, 9.17) is 0 Å². The van der Waals surface area contributed by atoms with Gasteiger partial charge in [-0.05, 0) is 43.2 Å². The van der Waals surface area contributed by atoms with E-state index in [0.29, 0.717) is 17.3 Å². The highest BCUT2D eigenvalue weighted by atomic mass is 32.2. The first-order chi connectivity index (χ1) is 12.2. The topological polar surface area (TPSA) is 75.3 Å². The lowest BCUT2D eigenvalue weighted by atomic mass is 10.2. The van der Waals surface area contributed by atoms with E-state index in [9.17, 15) is 26.4 Å². The number of aryl methyl sites for hydroxylation is 1. The predicted molar refractivity (Wildman–Crippen MR) is 90.5 cm³/mol. The van der Waals surface area contributed by atoms with Crippen molar-refractivity contribution in [3.05, 3.63) is 59.4 Å². The molecule has 2 N–H and O–H groups in total. The molecular weight excluding hydrogens is 369 g/mol. The van der Waals surface area contributed by atoms with Crippen molar-refractivity contribution in [1.82, 2.24) is 4.72 Å². The molecule has 0 aromatic heterocycles. The molecule has 1 amide bonds. The van der Waals surface area contributed by atoms with Crippen LogP contribution in [0.2, 0.25) is 0 Å². The maximum atomic E-state index is 13.5. The van der Waals surface area contributed by atoms with Gasteiger partial charge < -0.3 is 5.32 Å². The number of nitrogens with one attached hydrogen (secondary N) is 2. The van der Waals surface area contributed by atoms with Gasteiger partial charge in [-0.3, -0.25) is 4.79 Å². The Morgan fingerprint density at radius 1 is 1.04 bits per heavy atom. The molecule has 0 bridgehead atoms. The second kappa shape index (κ2) is 8.33. The van der Waals surface area contributed by atoms with E-state index >= 15 is 0 Å². The van der Waals surface area contributed by atoms with Crippen LogP contribution in [0.4, 0.5) is 18.9 Å². The normalized spacial score (nSPS) is 11.4. The Morgan fingerprint density at radius 3 is 2.42 bits per heavy atom. The molecule has 0 spiro atoms. The lowest BCUT2D eigenvalue weighted by Crippen LogP contribution is -2.26. The third-order valence-electron chi connectivity index (χ3n) is 3.51. The molecule has 0 heterocycles. The van der Waals surface area contributed by atoms with Crippen LogP contribution in [0.3, 0.4) is 0 Å². The zero-order valence-electron chi connectivity index (χ0n) is 13.9. The van der Waals surface area contributed by atoms with E-state index in [1.807, 2.05) is 0 Å². The summed E-state index contributed by atoms with van der Waals surface area (Å²) in [6.45, 7) is 1.48. The zero-order chi connectivity index (χ0) is 19.3. The second-order valence-corrected chi connectivity index (χ2v) is 7.32. The smallest absolute Gasteiger partial charge is 0.243 e. The van der Waals surface area contributed by atoms with Crippen molar-refractivity contribution in [2.45, 2.75) is 24.7 Å². The maximum Gasteiger partial charge on any atom is 0.243 e. The van der Waals surface area contributed by atoms with Crippen molar-refractivity contribution in [2.75, 3.05) is 11.9 Å². The molecule has 0 aliphatic rings. The van der Waals surface area contributed by atoms with Crippen molar-refractivity contribution >= 4 is 21.6 Å². The first kappa shape index (κ1) is 19.9. The monoisotopic (exact) mass is 386 g/mol. The number of anilines is 1. The molecule has 0 fully saturated rings. The summed E-state index contributed by atoms with van der Waals surface area (Å²) in [4.78, 5) is 11.1. The molecule has 2 aromatic rings. The van der Waals surface area contributed by atoms with Crippen molar-refractivity contribution in [3.63, 3.8) is 0 Å². The Morgan fingerprint density at radius 2 is 1.77 bits per heavy atom. The van der Waals surface area contributed by atoms with Gasteiger partial charge in [0.15, 0.2) is 0 Å². The van der Waals surface area contributed by atoms with E-state index in [1.165, 1.54) is 12.1 Å². The highest BCUT2D eigenvalue weighted by molar-refractivity contribution is 7.89. The van der Waals surface area contributed by atoms with Gasteiger partial charge in [0.05, 0.1) is 0 Å². The Hall–Kier alpha value is -2.39. The molecule has 0 radical (unpaired) electrons. The summed E-state index contributed by atoms with van der Waals surface area (Å²) in [5, 5.41) is 2.50. The molecule has 0 unspecified atom stereocenters. The summed E-state index contributed by atoms with van der Waals surface area (Å²) < 4.78 is 65.8. The molecule has 2 rings (SSSR count). The Kier molecular flexibility index (Phi) is 6.38. The second-order valence-electron chi connectivity index (χ2n) is 5.59. The number of carbonyl (C=O) groups is 1. The molecule has 2 aromatic carbocycles. The first-order valence-corrected chi connectivity index (χ1v) is 9.18. The van der Waals surface area contributed by atoms with E-state index in [1.54, 1.807) is 13.0 Å². The number of hydrogen-bond donors (Lipinski definition) is 2. The maximum absolute atomic E-state index is 13.5. The van der Waals surface area contributed by atoms with Crippen molar-refractivity contribution in [1.29, 1.82) is 0 Å². The average molecular weight is 386 g/mol. The van der Waals surface area contributed by atoms with Crippen LogP contribution < -0.4 is 10.0 Å². The van der Waals surface area contributed by atoms with Crippen LogP contribution in [-0.2, 0) is 14.8 Å². The minimum Gasteiger partial charge on any atom is -0.326 e. The standard InChI is InChI=1S/C17H17F3N2O3S/c1-11-4-6-13(10-14(11)19)22-17(23)3-2-8-21-26(24,25)16-7-5-12(18)9-15(16)20/h4-7,9-10,21H,2-3,8H2,1H3,(H,22,23). The van der Waals surface area contributed by atoms with Gasteiger partial charge in [0.25, 0.3) is 0 Å². The third-order valence-corrected chi connectivity index (χ3v) is 5.01. The highest BCUT2D eigenvalue weighted by Crippen LogP contribution is 2.16. The average Bonchev–Trinajstić information content (AvgIpc) is 2.55. The van der Waals surface area contributed by atoms with Crippen LogP contribution in [0.5, 0.6) is 0 Å². The minimum atomic E-state index is -4.15. The molecule has 0 atom stereocenters. The third kappa shape index (κ3) is 5.30. The summed E-state index contributed by atoms with van der Waals surface area (Å²) in [6, 6.07) is 6.40. The fraction of sp³-hybridized carbons (Fsp3) is 0.235. The summed E-state index contributed by atoms with van der Waals surface area (Å²) in [5.74, 6) is -2.94. The summed E-state index contributed by atoms with van der Waals surface area (Å²) in [6.07, 6.45) is 0.117. The van der Waals surface area contributed by atoms with Gasteiger partial charge in [0, 0.05) is 24.7 Å². The van der Waals surface area contributed by atoms with E-state index in [2.05, 4.69) is 10.0 Å². The van der Waals surface area contributed by atoms with Crippen molar-refractivity contribution < 1.29 is 26.4 Å². The molecule has 26 heavy (non-hydrogen) atoms. The summed E-state index contributed by atoms with van der Waals surface area (Å²) >= 11 is 0. The van der Waals surface area contributed by atoms with E-state index < -0.39 is 38.3 Å². The van der Waals surface area contributed by atoms with Gasteiger partial charge >= 0.3 is 0 Å².